The summed E-state index contributed by atoms with van der Waals surface area (Å²) in [7, 11) is 3.66. The van der Waals surface area contributed by atoms with Crippen LogP contribution in [0.5, 0.6) is 5.75 Å². The summed E-state index contributed by atoms with van der Waals surface area (Å²) in [5.41, 5.74) is 0.541. The summed E-state index contributed by atoms with van der Waals surface area (Å²) in [6, 6.07) is 11.3. The summed E-state index contributed by atoms with van der Waals surface area (Å²) in [4.78, 5) is 5.98. The molecular weight excluding hydrogens is 242 g/mol. The number of phenolic OH excluding ortho intramolecular Hbond substituents is 1. The Morgan fingerprint density at radius 3 is 2.42 bits per heavy atom. The topological polar surface area (TPSA) is 62.4 Å². The van der Waals surface area contributed by atoms with Crippen LogP contribution < -0.4 is 4.90 Å². The zero-order valence-electron chi connectivity index (χ0n) is 10.7. The number of fused-ring (bicyclic) bond motifs is 1. The Labute approximate surface area is 110 Å². The Kier molecular flexibility index (Phi) is 2.59. The van der Waals surface area contributed by atoms with Gasteiger partial charge in [0.2, 0.25) is 0 Å². The highest BCUT2D eigenvalue weighted by atomic mass is 16.5. The van der Waals surface area contributed by atoms with E-state index in [0.29, 0.717) is 17.4 Å². The van der Waals surface area contributed by atoms with Crippen LogP contribution in [0.2, 0.25) is 0 Å². The average molecular weight is 255 g/mol. The SMILES string of the molecule is CN(C)c1noc(-c2cc3ccccc3cc2O)n1. The highest BCUT2D eigenvalue weighted by Gasteiger charge is 2.14. The van der Waals surface area contributed by atoms with Gasteiger partial charge in [-0.25, -0.2) is 0 Å². The molecule has 5 heteroatoms. The number of hydrogen-bond donors (Lipinski definition) is 1. The molecule has 96 valence electrons. The van der Waals surface area contributed by atoms with Crippen LogP contribution in [-0.2, 0) is 0 Å². The molecular formula is C14H13N3O2. The molecule has 0 amide bonds. The van der Waals surface area contributed by atoms with Crippen LogP contribution in [0.4, 0.5) is 5.95 Å². The molecule has 2 aromatic carbocycles. The monoisotopic (exact) mass is 255 g/mol. The smallest absolute Gasteiger partial charge is 0.265 e. The van der Waals surface area contributed by atoms with Gasteiger partial charge in [-0.2, -0.15) is 4.98 Å². The number of nitrogens with zero attached hydrogens (tertiary/aromatic N) is 3. The molecule has 0 aliphatic heterocycles. The van der Waals surface area contributed by atoms with Crippen molar-refractivity contribution in [3.05, 3.63) is 36.4 Å². The van der Waals surface area contributed by atoms with Gasteiger partial charge in [-0.1, -0.05) is 24.3 Å². The number of aromatic nitrogens is 2. The summed E-state index contributed by atoms with van der Waals surface area (Å²) >= 11 is 0. The fourth-order valence-corrected chi connectivity index (χ4v) is 1.91. The quantitative estimate of drug-likeness (QED) is 0.762. The molecule has 0 aliphatic carbocycles. The van der Waals surface area contributed by atoms with Gasteiger partial charge < -0.3 is 14.5 Å². The highest BCUT2D eigenvalue weighted by Crippen LogP contribution is 2.32. The van der Waals surface area contributed by atoms with Crippen molar-refractivity contribution >= 4 is 16.7 Å². The van der Waals surface area contributed by atoms with E-state index in [4.69, 9.17) is 4.52 Å². The lowest BCUT2D eigenvalue weighted by atomic mass is 10.1. The molecule has 0 aliphatic rings. The second-order valence-electron chi connectivity index (χ2n) is 4.51. The predicted molar refractivity (Wildman–Crippen MR) is 73.2 cm³/mol. The fourth-order valence-electron chi connectivity index (χ4n) is 1.91. The molecule has 3 rings (SSSR count). The van der Waals surface area contributed by atoms with E-state index in [9.17, 15) is 5.11 Å². The maximum absolute atomic E-state index is 10.1. The van der Waals surface area contributed by atoms with Crippen LogP contribution in [0.3, 0.4) is 0 Å². The van der Waals surface area contributed by atoms with Crippen molar-refractivity contribution in [1.82, 2.24) is 10.1 Å². The van der Waals surface area contributed by atoms with Gasteiger partial charge >= 0.3 is 0 Å². The number of phenols is 1. The normalized spacial score (nSPS) is 10.8. The summed E-state index contributed by atoms with van der Waals surface area (Å²) in [6.45, 7) is 0. The highest BCUT2D eigenvalue weighted by molar-refractivity contribution is 5.89. The van der Waals surface area contributed by atoms with Gasteiger partial charge in [-0.05, 0) is 28.1 Å². The second kappa shape index (κ2) is 4.28. The molecule has 1 heterocycles. The standard InChI is InChI=1S/C14H13N3O2/c1-17(2)14-15-13(19-16-14)11-7-9-5-3-4-6-10(9)8-12(11)18/h3-8,18H,1-2H3. The predicted octanol–water partition coefficient (Wildman–Crippen LogP) is 2.66. The van der Waals surface area contributed by atoms with E-state index in [1.54, 1.807) is 11.0 Å². The van der Waals surface area contributed by atoms with Gasteiger partial charge in [0.25, 0.3) is 11.8 Å². The number of anilines is 1. The largest absolute Gasteiger partial charge is 0.507 e. The molecule has 3 aromatic rings. The summed E-state index contributed by atoms with van der Waals surface area (Å²) in [5.74, 6) is 0.919. The average Bonchev–Trinajstić information content (AvgIpc) is 2.87. The van der Waals surface area contributed by atoms with E-state index in [1.165, 1.54) is 0 Å². The fraction of sp³-hybridized carbons (Fsp3) is 0.143. The summed E-state index contributed by atoms with van der Waals surface area (Å²) < 4.78 is 5.18. The Balaban J connectivity index is 2.15. The molecule has 0 saturated heterocycles. The molecule has 0 atom stereocenters. The Morgan fingerprint density at radius 1 is 1.11 bits per heavy atom. The van der Waals surface area contributed by atoms with Crippen LogP contribution in [0, 0.1) is 0 Å². The van der Waals surface area contributed by atoms with Crippen molar-refractivity contribution in [2.24, 2.45) is 0 Å². The van der Waals surface area contributed by atoms with E-state index in [1.807, 2.05) is 44.4 Å². The van der Waals surface area contributed by atoms with Crippen LogP contribution in [0.1, 0.15) is 0 Å². The second-order valence-corrected chi connectivity index (χ2v) is 4.51. The lowest BCUT2D eigenvalue weighted by molar-refractivity contribution is 0.424. The van der Waals surface area contributed by atoms with E-state index in [-0.39, 0.29) is 5.75 Å². The minimum Gasteiger partial charge on any atom is -0.507 e. The van der Waals surface area contributed by atoms with Gasteiger partial charge in [0.15, 0.2) is 0 Å². The third kappa shape index (κ3) is 1.99. The maximum atomic E-state index is 10.1. The lowest BCUT2D eigenvalue weighted by Crippen LogP contribution is -2.10. The molecule has 0 radical (unpaired) electrons. The molecule has 0 spiro atoms. The molecule has 0 fully saturated rings. The van der Waals surface area contributed by atoms with Crippen molar-refractivity contribution in [2.45, 2.75) is 0 Å². The molecule has 0 saturated carbocycles. The van der Waals surface area contributed by atoms with E-state index >= 15 is 0 Å². The third-order valence-corrected chi connectivity index (χ3v) is 2.91. The van der Waals surface area contributed by atoms with Crippen molar-refractivity contribution in [3.63, 3.8) is 0 Å². The summed E-state index contributed by atoms with van der Waals surface area (Å²) in [6.07, 6.45) is 0. The summed E-state index contributed by atoms with van der Waals surface area (Å²) in [5, 5.41) is 15.9. The Hall–Kier alpha value is -2.56. The van der Waals surface area contributed by atoms with Gasteiger partial charge in [0.1, 0.15) is 5.75 Å². The number of aromatic hydroxyl groups is 1. The van der Waals surface area contributed by atoms with E-state index < -0.39 is 0 Å². The van der Waals surface area contributed by atoms with Crippen LogP contribution in [-0.4, -0.2) is 29.3 Å². The van der Waals surface area contributed by atoms with Crippen molar-refractivity contribution < 1.29 is 9.63 Å². The van der Waals surface area contributed by atoms with Crippen molar-refractivity contribution in [3.8, 4) is 17.2 Å². The molecule has 19 heavy (non-hydrogen) atoms. The first-order chi connectivity index (χ1) is 9.15. The minimum atomic E-state index is 0.132. The minimum absolute atomic E-state index is 0.132. The number of hydrogen-bond acceptors (Lipinski definition) is 5. The third-order valence-electron chi connectivity index (χ3n) is 2.91. The lowest BCUT2D eigenvalue weighted by Gasteiger charge is -2.04. The van der Waals surface area contributed by atoms with E-state index in [2.05, 4.69) is 10.1 Å². The molecule has 0 unspecified atom stereocenters. The first-order valence-electron chi connectivity index (χ1n) is 5.88. The number of rotatable bonds is 2. The van der Waals surface area contributed by atoms with Gasteiger partial charge in [-0.3, -0.25) is 0 Å². The Morgan fingerprint density at radius 2 is 1.79 bits per heavy atom. The van der Waals surface area contributed by atoms with Gasteiger partial charge in [0, 0.05) is 14.1 Å². The van der Waals surface area contributed by atoms with E-state index in [0.717, 1.165) is 10.8 Å². The molecule has 1 aromatic heterocycles. The number of benzene rings is 2. The molecule has 1 N–H and O–H groups in total. The van der Waals surface area contributed by atoms with Crippen molar-refractivity contribution in [1.29, 1.82) is 0 Å². The molecule has 5 nitrogen and oxygen atoms in total. The zero-order chi connectivity index (χ0) is 13.4. The van der Waals surface area contributed by atoms with Crippen LogP contribution >= 0.6 is 0 Å². The first kappa shape index (κ1) is 11.5. The zero-order valence-corrected chi connectivity index (χ0v) is 10.7. The van der Waals surface area contributed by atoms with Gasteiger partial charge in [0.05, 0.1) is 5.56 Å². The Bertz CT molecular complexity index is 734. The maximum Gasteiger partial charge on any atom is 0.265 e. The van der Waals surface area contributed by atoms with Gasteiger partial charge in [-0.15, -0.1) is 0 Å². The van der Waals surface area contributed by atoms with Crippen LogP contribution in [0.25, 0.3) is 22.2 Å². The first-order valence-corrected chi connectivity index (χ1v) is 5.88. The van der Waals surface area contributed by atoms with Crippen molar-refractivity contribution in [2.75, 3.05) is 19.0 Å². The molecule has 0 bridgehead atoms. The van der Waals surface area contributed by atoms with Crippen LogP contribution in [0.15, 0.2) is 40.9 Å².